The van der Waals surface area contributed by atoms with E-state index in [1.807, 2.05) is 0 Å². The molecule has 0 unspecified atom stereocenters. The van der Waals surface area contributed by atoms with E-state index in [1.165, 1.54) is 98.8 Å². The summed E-state index contributed by atoms with van der Waals surface area (Å²) in [6, 6.07) is 4.57. The Morgan fingerprint density at radius 2 is 0.905 bits per heavy atom. The largest absolute Gasteiger partial charge is 0.355 e. The molecule has 3 aromatic heterocycles. The van der Waals surface area contributed by atoms with Crippen molar-refractivity contribution in [2.24, 2.45) is 0 Å². The number of aromatic amines is 2. The highest BCUT2D eigenvalue weighted by atomic mass is 14.8. The first kappa shape index (κ1) is 30.1. The molecule has 2 N–H and O–H groups in total. The third-order valence-electron chi connectivity index (χ3n) is 10.1. The maximum atomic E-state index is 5.35. The lowest BCUT2D eigenvalue weighted by Gasteiger charge is -2.09. The van der Waals surface area contributed by atoms with Gasteiger partial charge in [0.05, 0.1) is 22.8 Å². The minimum Gasteiger partial charge on any atom is -0.355 e. The molecular formula is C38H50N4. The van der Waals surface area contributed by atoms with E-state index in [-0.39, 0.29) is 0 Å². The zero-order valence-corrected chi connectivity index (χ0v) is 27.7. The van der Waals surface area contributed by atoms with Crippen LogP contribution in [-0.4, -0.2) is 19.9 Å². The molecule has 0 amide bonds. The van der Waals surface area contributed by atoms with Crippen LogP contribution in [0.2, 0.25) is 0 Å². The van der Waals surface area contributed by atoms with E-state index in [2.05, 4.69) is 91.3 Å². The minimum atomic E-state index is 0.993. The van der Waals surface area contributed by atoms with Crippen LogP contribution >= 0.6 is 0 Å². The Hall–Kier alpha value is -3.40. The van der Waals surface area contributed by atoms with Crippen LogP contribution in [0.15, 0.2) is 12.1 Å². The SMILES string of the molecule is CCCCCc1c2nc(cc3[nH]c(c(C)c3C)c(CCCCC)c3[nH]c(cc4nc1C(C)=C4C)c(C)c3C)C(C)=C2C. The fourth-order valence-corrected chi connectivity index (χ4v) is 6.60. The zero-order valence-electron chi connectivity index (χ0n) is 27.7. The number of allylic oxidation sites excluding steroid dienone is 4. The molecule has 0 atom stereocenters. The highest BCUT2D eigenvalue weighted by Gasteiger charge is 2.23. The smallest absolute Gasteiger partial charge is 0.0723 e. The normalized spacial score (nSPS) is 13.6. The van der Waals surface area contributed by atoms with Crippen LogP contribution in [0.25, 0.3) is 44.4 Å². The first-order valence-electron chi connectivity index (χ1n) is 16.2. The molecule has 42 heavy (non-hydrogen) atoms. The van der Waals surface area contributed by atoms with Crippen LogP contribution in [0.4, 0.5) is 0 Å². The summed E-state index contributed by atoms with van der Waals surface area (Å²) in [5, 5.41) is 0. The van der Waals surface area contributed by atoms with Gasteiger partial charge in [0.1, 0.15) is 0 Å². The van der Waals surface area contributed by atoms with Gasteiger partial charge in [-0.15, -0.1) is 0 Å². The molecular weight excluding hydrogens is 512 g/mol. The summed E-state index contributed by atoms with van der Waals surface area (Å²) in [7, 11) is 0. The monoisotopic (exact) mass is 562 g/mol. The van der Waals surface area contributed by atoms with Crippen molar-refractivity contribution in [1.82, 2.24) is 19.9 Å². The Labute approximate surface area is 252 Å². The lowest BCUT2D eigenvalue weighted by atomic mass is 9.96. The molecule has 8 bridgehead atoms. The van der Waals surface area contributed by atoms with Crippen molar-refractivity contribution >= 4 is 44.4 Å². The van der Waals surface area contributed by atoms with Crippen molar-refractivity contribution in [3.8, 4) is 0 Å². The van der Waals surface area contributed by atoms with Crippen molar-refractivity contribution < 1.29 is 0 Å². The van der Waals surface area contributed by atoms with E-state index in [0.717, 1.165) is 53.1 Å². The summed E-state index contributed by atoms with van der Waals surface area (Å²) in [4.78, 5) is 18.5. The summed E-state index contributed by atoms with van der Waals surface area (Å²) >= 11 is 0. The van der Waals surface area contributed by atoms with Gasteiger partial charge in [0.15, 0.2) is 0 Å². The van der Waals surface area contributed by atoms with E-state index in [1.54, 1.807) is 0 Å². The van der Waals surface area contributed by atoms with E-state index >= 15 is 0 Å². The Kier molecular flexibility index (Phi) is 8.64. The molecule has 5 heterocycles. The van der Waals surface area contributed by atoms with Gasteiger partial charge < -0.3 is 9.97 Å². The van der Waals surface area contributed by atoms with Crippen LogP contribution in [0.5, 0.6) is 0 Å². The van der Waals surface area contributed by atoms with Crippen LogP contribution in [-0.2, 0) is 12.8 Å². The van der Waals surface area contributed by atoms with Crippen LogP contribution < -0.4 is 0 Å². The van der Waals surface area contributed by atoms with Gasteiger partial charge in [-0.3, -0.25) is 0 Å². The maximum absolute atomic E-state index is 5.35. The lowest BCUT2D eigenvalue weighted by Crippen LogP contribution is -1.98. The van der Waals surface area contributed by atoms with E-state index in [9.17, 15) is 0 Å². The number of hydrogen-bond donors (Lipinski definition) is 2. The van der Waals surface area contributed by atoms with E-state index in [4.69, 9.17) is 9.97 Å². The van der Waals surface area contributed by atoms with Gasteiger partial charge in [0.2, 0.25) is 0 Å². The fraction of sp³-hybridized carbons (Fsp3) is 0.474. The fourth-order valence-electron chi connectivity index (χ4n) is 6.60. The Bertz CT molecular complexity index is 1650. The number of aryl methyl sites for hydroxylation is 5. The molecule has 0 aliphatic carbocycles. The van der Waals surface area contributed by atoms with Crippen molar-refractivity contribution in [2.45, 2.75) is 121 Å². The molecule has 0 spiro atoms. The molecule has 4 nitrogen and oxygen atoms in total. The van der Waals surface area contributed by atoms with Crippen LogP contribution in [0, 0.1) is 27.7 Å². The number of aromatic nitrogens is 4. The molecule has 3 aromatic rings. The average Bonchev–Trinajstić information content (AvgIpc) is 3.61. The Morgan fingerprint density at radius 3 is 1.31 bits per heavy atom. The predicted octanol–water partition coefficient (Wildman–Crippen LogP) is 10.9. The van der Waals surface area contributed by atoms with Crippen molar-refractivity contribution in [2.75, 3.05) is 0 Å². The predicted molar refractivity (Wildman–Crippen MR) is 183 cm³/mol. The summed E-state index contributed by atoms with van der Waals surface area (Å²) in [6.45, 7) is 22.5. The van der Waals surface area contributed by atoms with Gasteiger partial charge in [-0.2, -0.15) is 0 Å². The van der Waals surface area contributed by atoms with Gasteiger partial charge in [-0.25, -0.2) is 9.97 Å². The van der Waals surface area contributed by atoms with Crippen LogP contribution in [0.3, 0.4) is 0 Å². The number of nitrogens with one attached hydrogen (secondary N) is 2. The molecule has 4 heteroatoms. The lowest BCUT2D eigenvalue weighted by molar-refractivity contribution is 0.713. The van der Waals surface area contributed by atoms with Gasteiger partial charge in [-0.05, 0) is 143 Å². The number of H-pyrrole nitrogens is 2. The summed E-state index contributed by atoms with van der Waals surface area (Å²) in [5.74, 6) is 0. The topological polar surface area (TPSA) is 57.4 Å². The molecule has 0 saturated heterocycles. The second-order valence-electron chi connectivity index (χ2n) is 12.7. The molecule has 2 aliphatic rings. The first-order chi connectivity index (χ1) is 20.1. The maximum Gasteiger partial charge on any atom is 0.0723 e. The zero-order chi connectivity index (χ0) is 30.3. The Balaban J connectivity index is 1.97. The summed E-state index contributed by atoms with van der Waals surface area (Å²) in [6.07, 6.45) is 9.20. The van der Waals surface area contributed by atoms with Gasteiger partial charge in [0.25, 0.3) is 0 Å². The first-order valence-corrected chi connectivity index (χ1v) is 16.2. The number of fused-ring (bicyclic) bond motifs is 8. The van der Waals surface area contributed by atoms with Crippen molar-refractivity contribution in [3.63, 3.8) is 0 Å². The van der Waals surface area contributed by atoms with Gasteiger partial charge in [-0.1, -0.05) is 39.5 Å². The molecule has 0 radical (unpaired) electrons. The quantitative estimate of drug-likeness (QED) is 0.268. The number of rotatable bonds is 8. The van der Waals surface area contributed by atoms with E-state index in [0.29, 0.717) is 0 Å². The van der Waals surface area contributed by atoms with Gasteiger partial charge >= 0.3 is 0 Å². The minimum absolute atomic E-state index is 0.993. The number of nitrogens with zero attached hydrogens (tertiary/aromatic N) is 2. The van der Waals surface area contributed by atoms with Crippen LogP contribution in [0.1, 0.15) is 136 Å². The standard InChI is InChI=1S/C38H50N4/c1-11-13-15-17-29-35-25(7)21(3)31(39-35)19-33-23(5)27(9)37(41-33)30(18-16-14-12-2)38-28(10)24(6)34(42-38)20-32-22(4)26(8)36(29)40-32/h19-20,39-40H,11-18H2,1-10H3. The highest BCUT2D eigenvalue weighted by molar-refractivity contribution is 5.96. The third kappa shape index (κ3) is 5.18. The highest BCUT2D eigenvalue weighted by Crippen LogP contribution is 2.38. The molecule has 0 fully saturated rings. The molecule has 0 saturated carbocycles. The van der Waals surface area contributed by atoms with Crippen molar-refractivity contribution in [3.05, 3.63) is 68.3 Å². The van der Waals surface area contributed by atoms with E-state index < -0.39 is 0 Å². The summed E-state index contributed by atoms with van der Waals surface area (Å²) in [5.41, 5.74) is 22.2. The molecule has 0 aromatic carbocycles. The summed E-state index contributed by atoms with van der Waals surface area (Å²) < 4.78 is 0. The molecule has 5 rings (SSSR count). The number of hydrogen-bond acceptors (Lipinski definition) is 2. The second-order valence-corrected chi connectivity index (χ2v) is 12.7. The molecule has 2 aliphatic heterocycles. The average molecular weight is 563 g/mol. The molecule has 222 valence electrons. The second kappa shape index (κ2) is 12.1. The Morgan fingerprint density at radius 1 is 0.500 bits per heavy atom. The van der Waals surface area contributed by atoms with Gasteiger partial charge in [0, 0.05) is 27.6 Å². The third-order valence-corrected chi connectivity index (χ3v) is 10.1. The number of unbranched alkanes of at least 4 members (excludes halogenated alkanes) is 4. The van der Waals surface area contributed by atoms with Crippen molar-refractivity contribution in [1.29, 1.82) is 0 Å².